The lowest BCUT2D eigenvalue weighted by molar-refractivity contribution is -0.136. The number of nitrogens with zero attached hydrogens (tertiary/aromatic N) is 1. The summed E-state index contributed by atoms with van der Waals surface area (Å²) in [5, 5.41) is 11.4. The number of benzene rings is 1. The molecule has 1 unspecified atom stereocenters. The molecular formula is C15H20N2O3. The van der Waals surface area contributed by atoms with E-state index in [0.29, 0.717) is 0 Å². The van der Waals surface area contributed by atoms with Crippen molar-refractivity contribution in [2.24, 2.45) is 0 Å². The Morgan fingerprint density at radius 2 is 1.95 bits per heavy atom. The highest BCUT2D eigenvalue weighted by Crippen LogP contribution is 2.20. The Morgan fingerprint density at radius 1 is 1.30 bits per heavy atom. The fraction of sp³-hybridized carbons (Fsp3) is 0.467. The molecule has 0 aliphatic carbocycles. The van der Waals surface area contributed by atoms with Gasteiger partial charge in [-0.1, -0.05) is 24.3 Å². The van der Waals surface area contributed by atoms with Crippen molar-refractivity contribution in [2.75, 3.05) is 13.6 Å². The van der Waals surface area contributed by atoms with Crippen LogP contribution in [-0.4, -0.2) is 41.5 Å². The van der Waals surface area contributed by atoms with Crippen LogP contribution in [-0.2, 0) is 22.6 Å². The lowest BCUT2D eigenvalue weighted by atomic mass is 10.1. The van der Waals surface area contributed by atoms with Gasteiger partial charge in [-0.15, -0.1) is 0 Å². The molecule has 1 amide bonds. The molecule has 1 aliphatic heterocycles. The van der Waals surface area contributed by atoms with Crippen molar-refractivity contribution in [3.8, 4) is 0 Å². The third kappa shape index (κ3) is 3.57. The summed E-state index contributed by atoms with van der Waals surface area (Å²) < 4.78 is 0. The van der Waals surface area contributed by atoms with E-state index in [9.17, 15) is 9.59 Å². The lowest BCUT2D eigenvalue weighted by Crippen LogP contribution is -2.41. The molecule has 1 fully saturated rings. The lowest BCUT2D eigenvalue weighted by Gasteiger charge is -2.23. The maximum absolute atomic E-state index is 11.8. The van der Waals surface area contributed by atoms with Crippen molar-refractivity contribution in [2.45, 2.75) is 31.8 Å². The summed E-state index contributed by atoms with van der Waals surface area (Å²) in [4.78, 5) is 24.6. The van der Waals surface area contributed by atoms with Crippen molar-refractivity contribution >= 4 is 11.9 Å². The first kappa shape index (κ1) is 14.5. The minimum absolute atomic E-state index is 0.0429. The molecule has 108 valence electrons. The van der Waals surface area contributed by atoms with Crippen LogP contribution in [0.5, 0.6) is 0 Å². The van der Waals surface area contributed by atoms with Gasteiger partial charge < -0.3 is 10.4 Å². The molecular weight excluding hydrogens is 256 g/mol. The maximum Gasteiger partial charge on any atom is 0.307 e. The van der Waals surface area contributed by atoms with Gasteiger partial charge in [0.2, 0.25) is 5.91 Å². The molecule has 1 atom stereocenters. The van der Waals surface area contributed by atoms with Crippen LogP contribution in [0.2, 0.25) is 0 Å². The van der Waals surface area contributed by atoms with E-state index in [1.807, 2.05) is 24.3 Å². The zero-order chi connectivity index (χ0) is 14.5. The van der Waals surface area contributed by atoms with Crippen LogP contribution >= 0.6 is 0 Å². The summed E-state index contributed by atoms with van der Waals surface area (Å²) in [7, 11) is 1.67. The second-order valence-electron chi connectivity index (χ2n) is 5.13. The summed E-state index contributed by atoms with van der Waals surface area (Å²) in [5.74, 6) is -0.748. The summed E-state index contributed by atoms with van der Waals surface area (Å²) >= 11 is 0. The molecule has 0 aromatic heterocycles. The van der Waals surface area contributed by atoms with Crippen LogP contribution in [0.4, 0.5) is 0 Å². The van der Waals surface area contributed by atoms with Crippen molar-refractivity contribution in [3.05, 3.63) is 35.4 Å². The van der Waals surface area contributed by atoms with Gasteiger partial charge in [0.25, 0.3) is 0 Å². The number of hydrogen-bond donors (Lipinski definition) is 2. The number of rotatable bonds is 5. The molecule has 1 heterocycles. The largest absolute Gasteiger partial charge is 0.481 e. The summed E-state index contributed by atoms with van der Waals surface area (Å²) in [6, 6.07) is 7.52. The number of aliphatic carboxylic acids is 1. The van der Waals surface area contributed by atoms with Crippen LogP contribution in [0.3, 0.4) is 0 Å². The number of nitrogens with one attached hydrogen (secondary N) is 1. The molecule has 0 bridgehead atoms. The average molecular weight is 276 g/mol. The zero-order valence-corrected chi connectivity index (χ0v) is 11.6. The van der Waals surface area contributed by atoms with Crippen LogP contribution in [0.25, 0.3) is 0 Å². The Kier molecular flexibility index (Phi) is 4.74. The predicted molar refractivity (Wildman–Crippen MR) is 75.3 cm³/mol. The van der Waals surface area contributed by atoms with Crippen molar-refractivity contribution in [1.82, 2.24) is 10.2 Å². The van der Waals surface area contributed by atoms with Gasteiger partial charge in [0.05, 0.1) is 12.5 Å². The summed E-state index contributed by atoms with van der Waals surface area (Å²) in [5.41, 5.74) is 1.90. The molecule has 1 aliphatic rings. The smallest absolute Gasteiger partial charge is 0.307 e. The fourth-order valence-electron chi connectivity index (χ4n) is 2.65. The molecule has 0 spiro atoms. The van der Waals surface area contributed by atoms with E-state index >= 15 is 0 Å². The van der Waals surface area contributed by atoms with Gasteiger partial charge in [0, 0.05) is 13.6 Å². The standard InChI is InChI=1S/C15H20N2O3/c1-16-15(20)13-3-2-8-17(13)10-12-6-4-11(5-7-12)9-14(18)19/h4-7,13H,2-3,8-10H2,1H3,(H,16,20)(H,18,19). The number of hydrogen-bond acceptors (Lipinski definition) is 3. The predicted octanol–water partition coefficient (Wildman–Crippen LogP) is 1.02. The maximum atomic E-state index is 11.8. The molecule has 2 rings (SSSR count). The third-order valence-electron chi connectivity index (χ3n) is 3.68. The second kappa shape index (κ2) is 6.52. The number of carbonyl (C=O) groups is 2. The van der Waals surface area contributed by atoms with Gasteiger partial charge in [-0.3, -0.25) is 14.5 Å². The normalized spacial score (nSPS) is 18.9. The van der Waals surface area contributed by atoms with E-state index in [4.69, 9.17) is 5.11 Å². The molecule has 5 heteroatoms. The SMILES string of the molecule is CNC(=O)C1CCCN1Cc1ccc(CC(=O)O)cc1. The van der Waals surface area contributed by atoms with Crippen LogP contribution < -0.4 is 5.32 Å². The van der Waals surface area contributed by atoms with E-state index in [1.165, 1.54) is 0 Å². The van der Waals surface area contributed by atoms with Crippen molar-refractivity contribution in [1.29, 1.82) is 0 Å². The zero-order valence-electron chi connectivity index (χ0n) is 11.6. The van der Waals surface area contributed by atoms with Gasteiger partial charge in [0.1, 0.15) is 0 Å². The molecule has 1 saturated heterocycles. The van der Waals surface area contributed by atoms with E-state index in [1.54, 1.807) is 7.05 Å². The second-order valence-corrected chi connectivity index (χ2v) is 5.13. The van der Waals surface area contributed by atoms with Crippen LogP contribution in [0.15, 0.2) is 24.3 Å². The Morgan fingerprint density at radius 3 is 2.55 bits per heavy atom. The molecule has 1 aromatic rings. The molecule has 20 heavy (non-hydrogen) atoms. The quantitative estimate of drug-likeness (QED) is 0.842. The highest BCUT2D eigenvalue weighted by Gasteiger charge is 2.29. The number of carboxylic acid groups (broad SMARTS) is 1. The molecule has 0 saturated carbocycles. The first-order valence-corrected chi connectivity index (χ1v) is 6.85. The Bertz CT molecular complexity index is 484. The molecule has 5 nitrogen and oxygen atoms in total. The number of likely N-dealkylation sites (N-methyl/N-ethyl adjacent to an activating group) is 1. The average Bonchev–Trinajstić information content (AvgIpc) is 2.87. The Hall–Kier alpha value is -1.88. The van der Waals surface area contributed by atoms with Crippen LogP contribution in [0.1, 0.15) is 24.0 Å². The van der Waals surface area contributed by atoms with E-state index in [-0.39, 0.29) is 18.4 Å². The van der Waals surface area contributed by atoms with Crippen molar-refractivity contribution in [3.63, 3.8) is 0 Å². The highest BCUT2D eigenvalue weighted by molar-refractivity contribution is 5.81. The highest BCUT2D eigenvalue weighted by atomic mass is 16.4. The van der Waals surface area contributed by atoms with E-state index < -0.39 is 5.97 Å². The minimum Gasteiger partial charge on any atom is -0.481 e. The van der Waals surface area contributed by atoms with Crippen LogP contribution in [0, 0.1) is 0 Å². The first-order chi connectivity index (χ1) is 9.60. The molecule has 1 aromatic carbocycles. The van der Waals surface area contributed by atoms with E-state index in [0.717, 1.165) is 37.1 Å². The van der Waals surface area contributed by atoms with E-state index in [2.05, 4.69) is 10.2 Å². The van der Waals surface area contributed by atoms with Gasteiger partial charge in [-0.2, -0.15) is 0 Å². The number of carbonyl (C=O) groups excluding carboxylic acids is 1. The van der Waals surface area contributed by atoms with Gasteiger partial charge in [-0.25, -0.2) is 0 Å². The third-order valence-corrected chi connectivity index (χ3v) is 3.68. The number of amides is 1. The fourth-order valence-corrected chi connectivity index (χ4v) is 2.65. The van der Waals surface area contributed by atoms with Crippen molar-refractivity contribution < 1.29 is 14.7 Å². The Labute approximate surface area is 118 Å². The monoisotopic (exact) mass is 276 g/mol. The number of carboxylic acids is 1. The van der Waals surface area contributed by atoms with Gasteiger partial charge in [0.15, 0.2) is 0 Å². The molecule has 0 radical (unpaired) electrons. The number of likely N-dealkylation sites (tertiary alicyclic amines) is 1. The Balaban J connectivity index is 1.99. The first-order valence-electron chi connectivity index (χ1n) is 6.85. The summed E-state index contributed by atoms with van der Waals surface area (Å²) in [6.45, 7) is 1.65. The minimum atomic E-state index is -0.822. The topological polar surface area (TPSA) is 69.6 Å². The molecule has 2 N–H and O–H groups in total. The van der Waals surface area contributed by atoms with Gasteiger partial charge >= 0.3 is 5.97 Å². The summed E-state index contributed by atoms with van der Waals surface area (Å²) in [6.07, 6.45) is 1.98. The van der Waals surface area contributed by atoms with Gasteiger partial charge in [-0.05, 0) is 30.5 Å².